The summed E-state index contributed by atoms with van der Waals surface area (Å²) < 4.78 is 18.4. The van der Waals surface area contributed by atoms with E-state index in [2.05, 4.69) is 0 Å². The first-order chi connectivity index (χ1) is 9.56. The Labute approximate surface area is 121 Å². The minimum atomic E-state index is -0.649. The van der Waals surface area contributed by atoms with Crippen molar-refractivity contribution in [2.24, 2.45) is 0 Å². The number of carbonyl (C=O) groups is 2. The van der Waals surface area contributed by atoms with Crippen molar-refractivity contribution in [2.75, 3.05) is 13.2 Å². The fourth-order valence-electron chi connectivity index (χ4n) is 2.32. The number of rotatable bonds is 3. The molecule has 108 valence electrons. The maximum absolute atomic E-state index is 13.4. The largest absolute Gasteiger partial charge is 0.464 e. The SMILES string of the molecule is CCOC(=O)C1CCCN1C(=O)c1cccc(F)c1Cl. The Hall–Kier alpha value is -1.62. The molecule has 0 saturated carbocycles. The van der Waals surface area contributed by atoms with Crippen LogP contribution < -0.4 is 0 Å². The van der Waals surface area contributed by atoms with Crippen LogP contribution in [0, 0.1) is 5.82 Å². The van der Waals surface area contributed by atoms with E-state index in [1.54, 1.807) is 6.92 Å². The molecule has 1 atom stereocenters. The number of nitrogens with zero attached hydrogens (tertiary/aromatic N) is 1. The Morgan fingerprint density at radius 2 is 2.25 bits per heavy atom. The Morgan fingerprint density at radius 3 is 2.95 bits per heavy atom. The summed E-state index contributed by atoms with van der Waals surface area (Å²) in [4.78, 5) is 25.6. The zero-order valence-electron chi connectivity index (χ0n) is 11.1. The van der Waals surface area contributed by atoms with Crippen molar-refractivity contribution in [1.82, 2.24) is 4.90 Å². The number of likely N-dealkylation sites (tertiary alicyclic amines) is 1. The van der Waals surface area contributed by atoms with Crippen molar-refractivity contribution in [1.29, 1.82) is 0 Å². The van der Waals surface area contributed by atoms with E-state index < -0.39 is 23.7 Å². The van der Waals surface area contributed by atoms with Crippen LogP contribution in [-0.4, -0.2) is 36.0 Å². The van der Waals surface area contributed by atoms with Gasteiger partial charge in [-0.3, -0.25) is 4.79 Å². The number of hydrogen-bond acceptors (Lipinski definition) is 3. The first-order valence-electron chi connectivity index (χ1n) is 6.48. The summed E-state index contributed by atoms with van der Waals surface area (Å²) in [5, 5.41) is -0.216. The second-order valence-electron chi connectivity index (χ2n) is 4.51. The second-order valence-corrected chi connectivity index (χ2v) is 4.89. The monoisotopic (exact) mass is 299 g/mol. The molecule has 2 rings (SSSR count). The Morgan fingerprint density at radius 1 is 1.50 bits per heavy atom. The summed E-state index contributed by atoms with van der Waals surface area (Å²) in [6.45, 7) is 2.41. The van der Waals surface area contributed by atoms with Crippen LogP contribution in [-0.2, 0) is 9.53 Å². The Balaban J connectivity index is 2.23. The fourth-order valence-corrected chi connectivity index (χ4v) is 2.52. The third-order valence-electron chi connectivity index (χ3n) is 3.25. The zero-order valence-corrected chi connectivity index (χ0v) is 11.8. The quantitative estimate of drug-likeness (QED) is 0.806. The number of benzene rings is 1. The third-order valence-corrected chi connectivity index (χ3v) is 3.64. The maximum Gasteiger partial charge on any atom is 0.328 e. The smallest absolute Gasteiger partial charge is 0.328 e. The van der Waals surface area contributed by atoms with Gasteiger partial charge in [-0.25, -0.2) is 9.18 Å². The lowest BCUT2D eigenvalue weighted by Crippen LogP contribution is -2.41. The van der Waals surface area contributed by atoms with E-state index in [4.69, 9.17) is 16.3 Å². The fraction of sp³-hybridized carbons (Fsp3) is 0.429. The molecule has 0 radical (unpaired) electrons. The van der Waals surface area contributed by atoms with Crippen molar-refractivity contribution < 1.29 is 18.7 Å². The van der Waals surface area contributed by atoms with Crippen molar-refractivity contribution in [2.45, 2.75) is 25.8 Å². The molecule has 1 aliphatic rings. The van der Waals surface area contributed by atoms with Gasteiger partial charge in [0.15, 0.2) is 0 Å². The number of hydrogen-bond donors (Lipinski definition) is 0. The standard InChI is InChI=1S/C14H15ClFNO3/c1-2-20-14(19)11-7-4-8-17(11)13(18)9-5-3-6-10(16)12(9)15/h3,5-6,11H,2,4,7-8H2,1H3. The average Bonchev–Trinajstić information content (AvgIpc) is 2.91. The van der Waals surface area contributed by atoms with Gasteiger partial charge in [0.25, 0.3) is 5.91 Å². The molecule has 0 spiro atoms. The van der Waals surface area contributed by atoms with Gasteiger partial charge in [0.1, 0.15) is 11.9 Å². The molecule has 0 aromatic heterocycles. The van der Waals surface area contributed by atoms with Gasteiger partial charge in [0, 0.05) is 6.54 Å². The number of halogens is 2. The van der Waals surface area contributed by atoms with Crippen LogP contribution in [0.4, 0.5) is 4.39 Å². The van der Waals surface area contributed by atoms with Gasteiger partial charge in [-0.15, -0.1) is 0 Å². The molecule has 4 nitrogen and oxygen atoms in total. The van der Waals surface area contributed by atoms with Crippen LogP contribution in [0.1, 0.15) is 30.1 Å². The molecule has 0 bridgehead atoms. The molecule has 1 unspecified atom stereocenters. The lowest BCUT2D eigenvalue weighted by molar-refractivity contribution is -0.147. The summed E-state index contributed by atoms with van der Waals surface area (Å²) in [5.74, 6) is -1.51. The highest BCUT2D eigenvalue weighted by atomic mass is 35.5. The summed E-state index contributed by atoms with van der Waals surface area (Å²) in [5.41, 5.74) is 0.0721. The van der Waals surface area contributed by atoms with Gasteiger partial charge in [-0.2, -0.15) is 0 Å². The molecule has 1 saturated heterocycles. The third kappa shape index (κ3) is 2.77. The molecular weight excluding hydrogens is 285 g/mol. The van der Waals surface area contributed by atoms with Crippen LogP contribution in [0.25, 0.3) is 0 Å². The molecule has 1 aliphatic heterocycles. The van der Waals surface area contributed by atoms with E-state index in [1.807, 2.05) is 0 Å². The first-order valence-corrected chi connectivity index (χ1v) is 6.85. The normalized spacial score (nSPS) is 18.1. The van der Waals surface area contributed by atoms with Crippen molar-refractivity contribution in [3.05, 3.63) is 34.6 Å². The van der Waals surface area contributed by atoms with Gasteiger partial charge in [0.2, 0.25) is 0 Å². The Bertz CT molecular complexity index is 535. The Kier molecular flexibility index (Phi) is 4.60. The minimum absolute atomic E-state index is 0.0721. The van der Waals surface area contributed by atoms with Crippen molar-refractivity contribution >= 4 is 23.5 Å². The first kappa shape index (κ1) is 14.8. The van der Waals surface area contributed by atoms with E-state index in [0.717, 1.165) is 0 Å². The van der Waals surface area contributed by atoms with Crippen LogP contribution in [0.15, 0.2) is 18.2 Å². The predicted octanol–water partition coefficient (Wildman–Crippen LogP) is 2.65. The number of amides is 1. The van der Waals surface area contributed by atoms with Crippen LogP contribution in [0.5, 0.6) is 0 Å². The highest BCUT2D eigenvalue weighted by molar-refractivity contribution is 6.34. The van der Waals surface area contributed by atoms with Gasteiger partial charge in [-0.05, 0) is 31.9 Å². The number of esters is 1. The van der Waals surface area contributed by atoms with Crippen LogP contribution in [0.3, 0.4) is 0 Å². The van der Waals surface area contributed by atoms with E-state index in [-0.39, 0.29) is 17.2 Å². The van der Waals surface area contributed by atoms with E-state index >= 15 is 0 Å². The van der Waals surface area contributed by atoms with Gasteiger partial charge >= 0.3 is 5.97 Å². The summed E-state index contributed by atoms with van der Waals surface area (Å²) >= 11 is 5.82. The molecule has 1 aromatic rings. The molecule has 1 fully saturated rings. The highest BCUT2D eigenvalue weighted by Gasteiger charge is 2.36. The van der Waals surface area contributed by atoms with Gasteiger partial charge < -0.3 is 9.64 Å². The van der Waals surface area contributed by atoms with Crippen LogP contribution in [0.2, 0.25) is 5.02 Å². The maximum atomic E-state index is 13.4. The molecule has 1 amide bonds. The summed E-state index contributed by atoms with van der Waals surface area (Å²) in [6, 6.07) is 3.45. The minimum Gasteiger partial charge on any atom is -0.464 e. The van der Waals surface area contributed by atoms with Crippen molar-refractivity contribution in [3.8, 4) is 0 Å². The van der Waals surface area contributed by atoms with Crippen LogP contribution >= 0.6 is 11.6 Å². The van der Waals surface area contributed by atoms with Crippen molar-refractivity contribution in [3.63, 3.8) is 0 Å². The molecule has 6 heteroatoms. The average molecular weight is 300 g/mol. The number of carbonyl (C=O) groups excluding carboxylic acids is 2. The molecule has 1 aromatic carbocycles. The lowest BCUT2D eigenvalue weighted by Gasteiger charge is -2.23. The van der Waals surface area contributed by atoms with Gasteiger partial charge in [0.05, 0.1) is 17.2 Å². The van der Waals surface area contributed by atoms with E-state index in [9.17, 15) is 14.0 Å². The summed E-state index contributed by atoms with van der Waals surface area (Å²) in [6.07, 6.45) is 1.26. The molecular formula is C14H15ClFNO3. The second kappa shape index (κ2) is 6.22. The number of ether oxygens (including phenoxy) is 1. The molecule has 20 heavy (non-hydrogen) atoms. The lowest BCUT2D eigenvalue weighted by atomic mass is 10.1. The predicted molar refractivity (Wildman–Crippen MR) is 72.1 cm³/mol. The topological polar surface area (TPSA) is 46.6 Å². The molecule has 0 aliphatic carbocycles. The van der Waals surface area contributed by atoms with Gasteiger partial charge in [-0.1, -0.05) is 17.7 Å². The molecule has 1 heterocycles. The zero-order chi connectivity index (χ0) is 14.7. The van der Waals surface area contributed by atoms with E-state index in [0.29, 0.717) is 19.4 Å². The summed E-state index contributed by atoms with van der Waals surface area (Å²) in [7, 11) is 0. The molecule has 0 N–H and O–H groups in total. The van der Waals surface area contributed by atoms with E-state index in [1.165, 1.54) is 23.1 Å². The highest BCUT2D eigenvalue weighted by Crippen LogP contribution is 2.26.